The number of aryl methyl sites for hydroxylation is 1. The molecule has 0 amide bonds. The second kappa shape index (κ2) is 7.36. The van der Waals surface area contributed by atoms with E-state index in [0.717, 1.165) is 5.56 Å². The number of hydrogen-bond donors (Lipinski definition) is 1. The van der Waals surface area contributed by atoms with Crippen LogP contribution < -0.4 is 4.74 Å². The van der Waals surface area contributed by atoms with Crippen LogP contribution in [0.5, 0.6) is 5.75 Å². The number of aromatic nitrogens is 2. The van der Waals surface area contributed by atoms with Crippen LogP contribution in [0, 0.1) is 17.0 Å². The smallest absolute Gasteiger partial charge is 0.356 e. The van der Waals surface area contributed by atoms with Gasteiger partial charge < -0.3 is 9.84 Å². The number of ether oxygens (including phenoxy) is 1. The molecule has 0 aliphatic carbocycles. The van der Waals surface area contributed by atoms with Crippen LogP contribution >= 0.6 is 11.3 Å². The van der Waals surface area contributed by atoms with Gasteiger partial charge in [-0.1, -0.05) is 30.3 Å². The van der Waals surface area contributed by atoms with Crippen molar-refractivity contribution in [3.05, 3.63) is 81.0 Å². The number of nitro benzene ring substituents is 1. The molecule has 0 unspecified atom stereocenters. The van der Waals surface area contributed by atoms with Gasteiger partial charge in [0.15, 0.2) is 10.7 Å². The van der Waals surface area contributed by atoms with Crippen molar-refractivity contribution in [3.63, 3.8) is 0 Å². The van der Waals surface area contributed by atoms with Crippen LogP contribution in [0.2, 0.25) is 0 Å². The minimum atomic E-state index is -1.14. The molecule has 2 aromatic carbocycles. The van der Waals surface area contributed by atoms with Gasteiger partial charge in [0, 0.05) is 23.2 Å². The zero-order chi connectivity index (χ0) is 20.5. The second-order valence-electron chi connectivity index (χ2n) is 6.40. The summed E-state index contributed by atoms with van der Waals surface area (Å²) in [5.74, 6) is -1.00. The zero-order valence-corrected chi connectivity index (χ0v) is 16.0. The molecular weight excluding hydrogens is 394 g/mol. The van der Waals surface area contributed by atoms with Gasteiger partial charge >= 0.3 is 11.7 Å². The van der Waals surface area contributed by atoms with E-state index < -0.39 is 10.9 Å². The highest BCUT2D eigenvalue weighted by atomic mass is 32.1. The van der Waals surface area contributed by atoms with Crippen LogP contribution in [0.1, 0.15) is 21.6 Å². The minimum absolute atomic E-state index is 0.0907. The molecular formula is C20H15N3O5S. The molecule has 1 N–H and O–H groups in total. The zero-order valence-electron chi connectivity index (χ0n) is 15.2. The number of thiazole rings is 1. The maximum Gasteiger partial charge on any atom is 0.356 e. The molecule has 146 valence electrons. The highest BCUT2D eigenvalue weighted by Crippen LogP contribution is 2.41. The van der Waals surface area contributed by atoms with E-state index in [4.69, 9.17) is 4.74 Å². The molecule has 8 nitrogen and oxygen atoms in total. The molecule has 29 heavy (non-hydrogen) atoms. The number of carboxylic acid groups (broad SMARTS) is 1. The lowest BCUT2D eigenvalue weighted by molar-refractivity contribution is -0.385. The summed E-state index contributed by atoms with van der Waals surface area (Å²) in [5, 5.41) is 22.7. The SMILES string of the molecule is Cc1cc(-c2csc3nc(C(=O)O)cn23)c(OCc2ccccc2)c([N+](=O)[O-])c1. The Labute approximate surface area is 168 Å². The summed E-state index contributed by atoms with van der Waals surface area (Å²) in [4.78, 5) is 27.0. The first kappa shape index (κ1) is 18.6. The van der Waals surface area contributed by atoms with E-state index in [-0.39, 0.29) is 23.7 Å². The Balaban J connectivity index is 1.86. The number of rotatable bonds is 6. The first-order valence-corrected chi connectivity index (χ1v) is 9.48. The lowest BCUT2D eigenvalue weighted by Gasteiger charge is -2.13. The Kier molecular flexibility index (Phi) is 4.73. The Hall–Kier alpha value is -3.72. The predicted octanol–water partition coefficient (Wildman–Crippen LogP) is 4.56. The van der Waals surface area contributed by atoms with E-state index in [0.29, 0.717) is 21.8 Å². The maximum absolute atomic E-state index is 11.7. The number of carbonyl (C=O) groups is 1. The normalized spacial score (nSPS) is 10.9. The Morgan fingerprint density at radius 2 is 2.07 bits per heavy atom. The molecule has 0 aliphatic rings. The van der Waals surface area contributed by atoms with Crippen molar-refractivity contribution in [3.8, 4) is 17.0 Å². The molecule has 4 aromatic rings. The molecule has 9 heteroatoms. The molecule has 0 fully saturated rings. The largest absolute Gasteiger partial charge is 0.481 e. The molecule has 0 saturated carbocycles. The van der Waals surface area contributed by atoms with Crippen LogP contribution in [-0.2, 0) is 6.61 Å². The van der Waals surface area contributed by atoms with Gasteiger partial charge in [0.1, 0.15) is 6.61 Å². The van der Waals surface area contributed by atoms with Gasteiger partial charge in [0.05, 0.1) is 10.6 Å². The monoisotopic (exact) mass is 409 g/mol. The Bertz CT molecular complexity index is 1230. The van der Waals surface area contributed by atoms with Crippen molar-refractivity contribution >= 4 is 28.0 Å². The summed E-state index contributed by atoms with van der Waals surface area (Å²) in [5.41, 5.74) is 2.42. The quantitative estimate of drug-likeness (QED) is 0.370. The van der Waals surface area contributed by atoms with Gasteiger partial charge in [-0.3, -0.25) is 14.5 Å². The summed E-state index contributed by atoms with van der Waals surface area (Å²) in [6.45, 7) is 1.92. The van der Waals surface area contributed by atoms with Crippen molar-refractivity contribution in [2.24, 2.45) is 0 Å². The highest BCUT2D eigenvalue weighted by Gasteiger charge is 2.24. The van der Waals surface area contributed by atoms with E-state index in [1.165, 1.54) is 23.6 Å². The second-order valence-corrected chi connectivity index (χ2v) is 7.23. The van der Waals surface area contributed by atoms with Crippen LogP contribution in [0.15, 0.2) is 54.0 Å². The van der Waals surface area contributed by atoms with Gasteiger partial charge in [-0.05, 0) is 24.1 Å². The fraction of sp³-hybridized carbons (Fsp3) is 0.100. The van der Waals surface area contributed by atoms with E-state index in [9.17, 15) is 20.0 Å². The molecule has 0 spiro atoms. The molecule has 0 aliphatic heterocycles. The number of imidazole rings is 1. The molecule has 2 heterocycles. The maximum atomic E-state index is 11.7. The van der Waals surface area contributed by atoms with Crippen molar-refractivity contribution < 1.29 is 19.6 Å². The van der Waals surface area contributed by atoms with Gasteiger partial charge in [-0.15, -0.1) is 11.3 Å². The van der Waals surface area contributed by atoms with E-state index in [1.807, 2.05) is 30.3 Å². The number of nitrogens with zero attached hydrogens (tertiary/aromatic N) is 3. The first-order chi connectivity index (χ1) is 13.9. The lowest BCUT2D eigenvalue weighted by Crippen LogP contribution is -2.02. The number of aromatic carboxylic acids is 1. The first-order valence-electron chi connectivity index (χ1n) is 8.60. The lowest BCUT2D eigenvalue weighted by atomic mass is 10.1. The van der Waals surface area contributed by atoms with Gasteiger partial charge in [-0.25, -0.2) is 9.78 Å². The summed E-state index contributed by atoms with van der Waals surface area (Å²) in [6.07, 6.45) is 1.40. The number of nitro groups is 1. The third-order valence-corrected chi connectivity index (χ3v) is 5.18. The molecule has 0 bridgehead atoms. The fourth-order valence-corrected chi connectivity index (χ4v) is 3.92. The van der Waals surface area contributed by atoms with Crippen LogP contribution in [0.4, 0.5) is 5.69 Å². The minimum Gasteiger partial charge on any atom is -0.481 e. The highest BCUT2D eigenvalue weighted by molar-refractivity contribution is 7.15. The van der Waals surface area contributed by atoms with Gasteiger partial charge in [-0.2, -0.15) is 0 Å². The van der Waals surface area contributed by atoms with E-state index in [2.05, 4.69) is 4.98 Å². The number of benzene rings is 2. The average molecular weight is 409 g/mol. The standard InChI is InChI=1S/C20H15N3O5S/c1-12-7-14(17-11-29-20-21-15(19(24)25)9-22(17)20)18(16(8-12)23(26)27)28-10-13-5-3-2-4-6-13/h2-9,11H,10H2,1H3,(H,24,25). The molecule has 4 rings (SSSR count). The van der Waals surface area contributed by atoms with Crippen molar-refractivity contribution in [2.45, 2.75) is 13.5 Å². The van der Waals surface area contributed by atoms with Gasteiger partial charge in [0.2, 0.25) is 5.75 Å². The van der Waals surface area contributed by atoms with E-state index in [1.54, 1.807) is 22.8 Å². The molecule has 0 atom stereocenters. The third kappa shape index (κ3) is 3.55. The summed E-state index contributed by atoms with van der Waals surface area (Å²) in [6, 6.07) is 12.6. The van der Waals surface area contributed by atoms with Crippen molar-refractivity contribution in [2.75, 3.05) is 0 Å². The fourth-order valence-electron chi connectivity index (χ4n) is 3.04. The molecule has 0 saturated heterocycles. The van der Waals surface area contributed by atoms with Gasteiger partial charge in [0.25, 0.3) is 0 Å². The topological polar surface area (TPSA) is 107 Å². The van der Waals surface area contributed by atoms with E-state index >= 15 is 0 Å². The third-order valence-electron chi connectivity index (χ3n) is 4.34. The van der Waals surface area contributed by atoms with Crippen LogP contribution in [0.3, 0.4) is 0 Å². The molecule has 0 radical (unpaired) electrons. The Morgan fingerprint density at radius 1 is 1.31 bits per heavy atom. The van der Waals surface area contributed by atoms with Crippen LogP contribution in [-0.4, -0.2) is 25.4 Å². The average Bonchev–Trinajstić information content (AvgIpc) is 3.28. The number of carboxylic acids is 1. The van der Waals surface area contributed by atoms with Crippen molar-refractivity contribution in [1.82, 2.24) is 9.38 Å². The summed E-state index contributed by atoms with van der Waals surface area (Å²) >= 11 is 1.25. The van der Waals surface area contributed by atoms with Crippen molar-refractivity contribution in [1.29, 1.82) is 0 Å². The predicted molar refractivity (Wildman–Crippen MR) is 108 cm³/mol. The Morgan fingerprint density at radius 3 is 2.76 bits per heavy atom. The summed E-state index contributed by atoms with van der Waals surface area (Å²) in [7, 11) is 0. The molecule has 2 aromatic heterocycles. The summed E-state index contributed by atoms with van der Waals surface area (Å²) < 4.78 is 7.52. The number of fused-ring (bicyclic) bond motifs is 1. The van der Waals surface area contributed by atoms with Crippen LogP contribution in [0.25, 0.3) is 16.2 Å². The number of hydrogen-bond acceptors (Lipinski definition) is 6.